The van der Waals surface area contributed by atoms with Crippen LogP contribution >= 0.6 is 23.7 Å². The highest BCUT2D eigenvalue weighted by Gasteiger charge is 2.13. The quantitative estimate of drug-likeness (QED) is 0.857. The first-order valence-corrected chi connectivity index (χ1v) is 5.44. The number of nitrogens with one attached hydrogen (secondary N) is 1. The van der Waals surface area contributed by atoms with Crippen LogP contribution in [0.5, 0.6) is 0 Å². The number of halogens is 1. The Labute approximate surface area is 99.7 Å². The number of aromatic nitrogens is 1. The van der Waals surface area contributed by atoms with Crippen molar-refractivity contribution in [2.75, 3.05) is 5.32 Å². The third-order valence-corrected chi connectivity index (χ3v) is 2.62. The minimum absolute atomic E-state index is 0. The van der Waals surface area contributed by atoms with Crippen molar-refractivity contribution in [1.82, 2.24) is 4.98 Å². The maximum Gasteiger partial charge on any atom is 0.243 e. The fourth-order valence-corrected chi connectivity index (χ4v) is 1.72. The molecule has 3 N–H and O–H groups in total. The Hall–Kier alpha value is -0.650. The normalized spacial score (nSPS) is 11.7. The molecule has 6 heteroatoms. The molecule has 1 heterocycles. The summed E-state index contributed by atoms with van der Waals surface area (Å²) in [7, 11) is 0. The SMILES string of the molecule is CCCC(N)C(=O)Nc1ncc(C)s1.Cl. The van der Waals surface area contributed by atoms with Crippen molar-refractivity contribution < 1.29 is 4.79 Å². The minimum Gasteiger partial charge on any atom is -0.320 e. The largest absolute Gasteiger partial charge is 0.320 e. The van der Waals surface area contributed by atoms with E-state index in [1.54, 1.807) is 6.20 Å². The summed E-state index contributed by atoms with van der Waals surface area (Å²) in [5, 5.41) is 3.31. The molecule has 0 aliphatic carbocycles. The first-order chi connectivity index (χ1) is 6.63. The number of nitrogens with two attached hydrogens (primary N) is 1. The van der Waals surface area contributed by atoms with Gasteiger partial charge in [-0.15, -0.1) is 23.7 Å². The molecular weight excluding hydrogens is 234 g/mol. The van der Waals surface area contributed by atoms with E-state index in [0.717, 1.165) is 11.3 Å². The lowest BCUT2D eigenvalue weighted by Gasteiger charge is -2.08. The lowest BCUT2D eigenvalue weighted by molar-refractivity contribution is -0.117. The monoisotopic (exact) mass is 249 g/mol. The lowest BCUT2D eigenvalue weighted by atomic mass is 10.2. The minimum atomic E-state index is -0.427. The number of amides is 1. The third-order valence-electron chi connectivity index (χ3n) is 1.79. The summed E-state index contributed by atoms with van der Waals surface area (Å²) in [6, 6.07) is -0.427. The predicted octanol–water partition coefficient (Wildman–Crippen LogP) is 1.94. The van der Waals surface area contributed by atoms with Crippen molar-refractivity contribution in [2.45, 2.75) is 32.7 Å². The van der Waals surface area contributed by atoms with E-state index in [-0.39, 0.29) is 18.3 Å². The van der Waals surface area contributed by atoms with Crippen LogP contribution in [0.2, 0.25) is 0 Å². The number of thiazole rings is 1. The fourth-order valence-electron chi connectivity index (χ4n) is 1.05. The van der Waals surface area contributed by atoms with E-state index in [4.69, 9.17) is 5.73 Å². The van der Waals surface area contributed by atoms with Gasteiger partial charge in [-0.2, -0.15) is 0 Å². The summed E-state index contributed by atoms with van der Waals surface area (Å²) < 4.78 is 0. The molecule has 0 fully saturated rings. The van der Waals surface area contributed by atoms with Gasteiger partial charge in [-0.05, 0) is 13.3 Å². The van der Waals surface area contributed by atoms with Gasteiger partial charge in [0.1, 0.15) is 0 Å². The molecule has 4 nitrogen and oxygen atoms in total. The summed E-state index contributed by atoms with van der Waals surface area (Å²) in [5.74, 6) is -0.152. The average Bonchev–Trinajstić information content (AvgIpc) is 2.51. The number of carbonyl (C=O) groups is 1. The molecule has 1 aromatic heterocycles. The molecule has 1 unspecified atom stereocenters. The molecule has 1 amide bonds. The highest BCUT2D eigenvalue weighted by molar-refractivity contribution is 7.15. The highest BCUT2D eigenvalue weighted by Crippen LogP contribution is 2.16. The van der Waals surface area contributed by atoms with Crippen LogP contribution in [0.1, 0.15) is 24.6 Å². The Morgan fingerprint density at radius 1 is 1.73 bits per heavy atom. The molecule has 0 saturated carbocycles. The number of hydrogen-bond acceptors (Lipinski definition) is 4. The molecule has 15 heavy (non-hydrogen) atoms. The number of aryl methyl sites for hydroxylation is 1. The maximum absolute atomic E-state index is 11.4. The van der Waals surface area contributed by atoms with Gasteiger partial charge in [-0.25, -0.2) is 4.98 Å². The molecule has 86 valence electrons. The second kappa shape index (κ2) is 6.76. The van der Waals surface area contributed by atoms with Gasteiger partial charge in [0, 0.05) is 11.1 Å². The van der Waals surface area contributed by atoms with Gasteiger partial charge in [0.25, 0.3) is 0 Å². The molecule has 0 bridgehead atoms. The zero-order valence-corrected chi connectivity index (χ0v) is 10.5. The standard InChI is InChI=1S/C9H15N3OS.ClH/c1-3-4-7(10)8(13)12-9-11-5-6(2)14-9;/h5,7H,3-4,10H2,1-2H3,(H,11,12,13);1H. The summed E-state index contributed by atoms with van der Waals surface area (Å²) in [5.41, 5.74) is 5.65. The van der Waals surface area contributed by atoms with Gasteiger partial charge < -0.3 is 11.1 Å². The summed E-state index contributed by atoms with van der Waals surface area (Å²) in [4.78, 5) is 16.5. The average molecular weight is 250 g/mol. The number of anilines is 1. The number of hydrogen-bond donors (Lipinski definition) is 2. The molecule has 0 aliphatic heterocycles. The number of rotatable bonds is 4. The summed E-state index contributed by atoms with van der Waals surface area (Å²) in [6.45, 7) is 3.94. The van der Waals surface area contributed by atoms with Crippen LogP contribution in [0.3, 0.4) is 0 Å². The second-order valence-electron chi connectivity index (χ2n) is 3.16. The molecule has 0 saturated heterocycles. The van der Waals surface area contributed by atoms with Gasteiger partial charge >= 0.3 is 0 Å². The number of nitrogens with zero attached hydrogens (tertiary/aromatic N) is 1. The first kappa shape index (κ1) is 14.3. The van der Waals surface area contributed by atoms with Crippen molar-refractivity contribution in [3.05, 3.63) is 11.1 Å². The lowest BCUT2D eigenvalue weighted by Crippen LogP contribution is -2.35. The zero-order chi connectivity index (χ0) is 10.6. The molecule has 1 rings (SSSR count). The van der Waals surface area contributed by atoms with Crippen molar-refractivity contribution in [3.63, 3.8) is 0 Å². The van der Waals surface area contributed by atoms with Gasteiger partial charge in [0.05, 0.1) is 6.04 Å². The molecule has 0 spiro atoms. The van der Waals surface area contributed by atoms with Crippen LogP contribution in [0.4, 0.5) is 5.13 Å². The van der Waals surface area contributed by atoms with Gasteiger partial charge in [-0.1, -0.05) is 13.3 Å². The van der Waals surface area contributed by atoms with E-state index in [2.05, 4.69) is 10.3 Å². The van der Waals surface area contributed by atoms with Crippen LogP contribution in [-0.2, 0) is 4.79 Å². The molecular formula is C9H16ClN3OS. The van der Waals surface area contributed by atoms with Crippen molar-refractivity contribution in [3.8, 4) is 0 Å². The molecule has 1 aromatic rings. The highest BCUT2D eigenvalue weighted by atomic mass is 35.5. The van der Waals surface area contributed by atoms with Crippen LogP contribution in [0, 0.1) is 6.92 Å². The Morgan fingerprint density at radius 3 is 2.87 bits per heavy atom. The smallest absolute Gasteiger partial charge is 0.243 e. The van der Waals surface area contributed by atoms with Gasteiger partial charge in [-0.3, -0.25) is 4.79 Å². The van der Waals surface area contributed by atoms with Gasteiger partial charge in [0.2, 0.25) is 5.91 Å². The van der Waals surface area contributed by atoms with Crippen molar-refractivity contribution in [1.29, 1.82) is 0 Å². The molecule has 0 aromatic carbocycles. The first-order valence-electron chi connectivity index (χ1n) is 4.62. The van der Waals surface area contributed by atoms with E-state index < -0.39 is 6.04 Å². The summed E-state index contributed by atoms with van der Waals surface area (Å²) in [6.07, 6.45) is 3.34. The van der Waals surface area contributed by atoms with Crippen molar-refractivity contribution in [2.24, 2.45) is 5.73 Å². The Balaban J connectivity index is 0.00000196. The third kappa shape index (κ3) is 4.59. The molecule has 0 radical (unpaired) electrons. The van der Waals surface area contributed by atoms with Crippen LogP contribution < -0.4 is 11.1 Å². The predicted molar refractivity (Wildman–Crippen MR) is 65.6 cm³/mol. The van der Waals surface area contributed by atoms with E-state index in [0.29, 0.717) is 11.6 Å². The van der Waals surface area contributed by atoms with Gasteiger partial charge in [0.15, 0.2) is 5.13 Å². The zero-order valence-electron chi connectivity index (χ0n) is 8.82. The van der Waals surface area contributed by atoms with E-state index in [9.17, 15) is 4.79 Å². The maximum atomic E-state index is 11.4. The summed E-state index contributed by atoms with van der Waals surface area (Å²) >= 11 is 1.45. The van der Waals surface area contributed by atoms with E-state index in [1.165, 1.54) is 11.3 Å². The van der Waals surface area contributed by atoms with E-state index >= 15 is 0 Å². The van der Waals surface area contributed by atoms with Crippen LogP contribution in [-0.4, -0.2) is 16.9 Å². The Bertz CT molecular complexity index is 316. The Morgan fingerprint density at radius 2 is 2.40 bits per heavy atom. The van der Waals surface area contributed by atoms with E-state index in [1.807, 2.05) is 13.8 Å². The second-order valence-corrected chi connectivity index (χ2v) is 4.40. The number of carbonyl (C=O) groups excluding carboxylic acids is 1. The van der Waals surface area contributed by atoms with Crippen LogP contribution in [0.25, 0.3) is 0 Å². The fraction of sp³-hybridized carbons (Fsp3) is 0.556. The Kier molecular flexibility index (Phi) is 6.47. The topological polar surface area (TPSA) is 68.0 Å². The molecule has 1 atom stereocenters. The van der Waals surface area contributed by atoms with Crippen LogP contribution in [0.15, 0.2) is 6.20 Å². The molecule has 0 aliphatic rings. The van der Waals surface area contributed by atoms with Crippen molar-refractivity contribution >= 4 is 34.8 Å².